The number of amides is 2. The van der Waals surface area contributed by atoms with Gasteiger partial charge >= 0.3 is 0 Å². The number of carbonyl (C=O) groups excluding carboxylic acids is 2. The summed E-state index contributed by atoms with van der Waals surface area (Å²) < 4.78 is 14.5. The van der Waals surface area contributed by atoms with Crippen LogP contribution in [0.15, 0.2) is 84.9 Å². The molecule has 0 aromatic heterocycles. The molecule has 0 radical (unpaired) electrons. The number of hydrogen-bond acceptors (Lipinski definition) is 2. The topological polar surface area (TPSA) is 49.4 Å². The molecule has 0 aliphatic carbocycles. The van der Waals surface area contributed by atoms with Gasteiger partial charge < -0.3 is 10.2 Å². The first-order chi connectivity index (χ1) is 16.1. The Labute approximate surface area is 195 Å². The fourth-order valence-electron chi connectivity index (χ4n) is 3.74. The van der Waals surface area contributed by atoms with Crippen molar-refractivity contribution >= 4 is 11.8 Å². The molecule has 0 bridgehead atoms. The molecule has 172 valence electrons. The minimum Gasteiger partial charge on any atom is -0.354 e. The maximum atomic E-state index is 14.5. The van der Waals surface area contributed by atoms with Gasteiger partial charge in [0.1, 0.15) is 11.9 Å². The second-order valence-electron chi connectivity index (χ2n) is 8.13. The van der Waals surface area contributed by atoms with Gasteiger partial charge in [0, 0.05) is 25.1 Å². The van der Waals surface area contributed by atoms with Crippen LogP contribution in [0.2, 0.25) is 0 Å². The van der Waals surface area contributed by atoms with Gasteiger partial charge in [-0.05, 0) is 23.6 Å². The first kappa shape index (κ1) is 24.2. The molecule has 2 amide bonds. The maximum Gasteiger partial charge on any atom is 0.243 e. The van der Waals surface area contributed by atoms with Gasteiger partial charge in [-0.2, -0.15) is 0 Å². The standard InChI is InChI=1S/C28H31FN2O2/c1-2-3-18-30-28(33)26(19-22-12-6-4-7-13-22)31(21-24-16-10-11-17-25(24)29)27(32)20-23-14-8-5-9-15-23/h4-17,26H,2-3,18-21H2,1H3,(H,30,33)/t26-/m1/s1. The van der Waals surface area contributed by atoms with Crippen LogP contribution in [0, 0.1) is 5.82 Å². The summed E-state index contributed by atoms with van der Waals surface area (Å²) in [7, 11) is 0. The average Bonchev–Trinajstić information content (AvgIpc) is 2.83. The molecule has 3 aromatic carbocycles. The second-order valence-corrected chi connectivity index (χ2v) is 8.13. The molecule has 3 rings (SSSR count). The minimum absolute atomic E-state index is 0.0248. The Hall–Kier alpha value is -3.47. The predicted octanol–water partition coefficient (Wildman–Crippen LogP) is 4.92. The molecule has 1 N–H and O–H groups in total. The Kier molecular flexibility index (Phi) is 9.19. The van der Waals surface area contributed by atoms with Crippen LogP contribution >= 0.6 is 0 Å². The Balaban J connectivity index is 1.94. The number of nitrogens with zero attached hydrogens (tertiary/aromatic N) is 1. The summed E-state index contributed by atoms with van der Waals surface area (Å²) in [6, 6.07) is 24.7. The molecule has 0 saturated heterocycles. The summed E-state index contributed by atoms with van der Waals surface area (Å²) in [5, 5.41) is 2.98. The van der Waals surface area contributed by atoms with E-state index in [9.17, 15) is 14.0 Å². The molecule has 4 nitrogen and oxygen atoms in total. The van der Waals surface area contributed by atoms with Crippen molar-refractivity contribution in [2.24, 2.45) is 0 Å². The van der Waals surface area contributed by atoms with E-state index in [1.807, 2.05) is 60.7 Å². The largest absolute Gasteiger partial charge is 0.354 e. The Morgan fingerprint density at radius 2 is 1.48 bits per heavy atom. The molecular weight excluding hydrogens is 415 g/mol. The lowest BCUT2D eigenvalue weighted by atomic mass is 10.0. The number of halogens is 1. The smallest absolute Gasteiger partial charge is 0.243 e. The highest BCUT2D eigenvalue weighted by Crippen LogP contribution is 2.18. The number of rotatable bonds is 11. The molecule has 0 unspecified atom stereocenters. The summed E-state index contributed by atoms with van der Waals surface area (Å²) in [6.07, 6.45) is 2.31. The first-order valence-corrected chi connectivity index (χ1v) is 11.5. The zero-order chi connectivity index (χ0) is 23.5. The van der Waals surface area contributed by atoms with E-state index >= 15 is 0 Å². The number of hydrogen-bond donors (Lipinski definition) is 1. The van der Waals surface area contributed by atoms with Gasteiger partial charge in [-0.3, -0.25) is 9.59 Å². The van der Waals surface area contributed by atoms with Crippen LogP contribution in [0.5, 0.6) is 0 Å². The second kappa shape index (κ2) is 12.5. The molecule has 0 fully saturated rings. The molecular formula is C28H31FN2O2. The van der Waals surface area contributed by atoms with E-state index in [1.54, 1.807) is 18.2 Å². The van der Waals surface area contributed by atoms with Crippen molar-refractivity contribution in [1.82, 2.24) is 10.2 Å². The predicted molar refractivity (Wildman–Crippen MR) is 129 cm³/mol. The minimum atomic E-state index is -0.750. The lowest BCUT2D eigenvalue weighted by Crippen LogP contribution is -2.51. The first-order valence-electron chi connectivity index (χ1n) is 11.5. The Bertz CT molecular complexity index is 1020. The van der Waals surface area contributed by atoms with Crippen LogP contribution in [-0.2, 0) is 29.0 Å². The van der Waals surface area contributed by atoms with E-state index in [2.05, 4.69) is 12.2 Å². The highest BCUT2D eigenvalue weighted by molar-refractivity contribution is 5.88. The van der Waals surface area contributed by atoms with Crippen LogP contribution in [0.3, 0.4) is 0 Å². The zero-order valence-corrected chi connectivity index (χ0v) is 19.0. The molecule has 0 aliphatic heterocycles. The molecule has 1 atom stereocenters. The third-order valence-electron chi connectivity index (χ3n) is 5.60. The molecule has 0 aliphatic rings. The third-order valence-corrected chi connectivity index (χ3v) is 5.60. The average molecular weight is 447 g/mol. The maximum absolute atomic E-state index is 14.5. The van der Waals surface area contributed by atoms with Crippen molar-refractivity contribution in [3.05, 3.63) is 107 Å². The fourth-order valence-corrected chi connectivity index (χ4v) is 3.74. The van der Waals surface area contributed by atoms with E-state index in [4.69, 9.17) is 0 Å². The van der Waals surface area contributed by atoms with Crippen molar-refractivity contribution in [1.29, 1.82) is 0 Å². The highest BCUT2D eigenvalue weighted by Gasteiger charge is 2.30. The number of benzene rings is 3. The van der Waals surface area contributed by atoms with E-state index in [0.717, 1.165) is 24.0 Å². The van der Waals surface area contributed by atoms with Gasteiger partial charge in [0.05, 0.1) is 6.42 Å². The SMILES string of the molecule is CCCCNC(=O)[C@@H](Cc1ccccc1)N(Cc1ccccc1F)C(=O)Cc1ccccc1. The van der Waals surface area contributed by atoms with Crippen molar-refractivity contribution in [3.8, 4) is 0 Å². The summed E-state index contributed by atoms with van der Waals surface area (Å²) in [6.45, 7) is 2.62. The van der Waals surface area contributed by atoms with Gasteiger partial charge in [-0.15, -0.1) is 0 Å². The number of nitrogens with one attached hydrogen (secondary N) is 1. The molecule has 5 heteroatoms. The molecule has 0 spiro atoms. The summed E-state index contributed by atoms with van der Waals surface area (Å²) in [4.78, 5) is 28.3. The summed E-state index contributed by atoms with van der Waals surface area (Å²) in [5.74, 6) is -0.819. The van der Waals surface area contributed by atoms with Crippen LogP contribution in [0.1, 0.15) is 36.5 Å². The van der Waals surface area contributed by atoms with Gasteiger partial charge in [0.25, 0.3) is 0 Å². The molecule has 3 aromatic rings. The third kappa shape index (κ3) is 7.28. The lowest BCUT2D eigenvalue weighted by molar-refractivity contribution is -0.140. The van der Waals surface area contributed by atoms with Crippen LogP contribution in [0.25, 0.3) is 0 Å². The quantitative estimate of drug-likeness (QED) is 0.425. The van der Waals surface area contributed by atoms with Crippen LogP contribution < -0.4 is 5.32 Å². The van der Waals surface area contributed by atoms with Crippen molar-refractivity contribution in [3.63, 3.8) is 0 Å². The zero-order valence-electron chi connectivity index (χ0n) is 19.0. The monoisotopic (exact) mass is 446 g/mol. The van der Waals surface area contributed by atoms with Crippen LogP contribution in [0.4, 0.5) is 4.39 Å². The van der Waals surface area contributed by atoms with E-state index < -0.39 is 6.04 Å². The van der Waals surface area contributed by atoms with Gasteiger partial charge in [-0.25, -0.2) is 4.39 Å². The molecule has 33 heavy (non-hydrogen) atoms. The number of carbonyl (C=O) groups is 2. The van der Waals surface area contributed by atoms with Gasteiger partial charge in [0.2, 0.25) is 11.8 Å². The summed E-state index contributed by atoms with van der Waals surface area (Å²) in [5.41, 5.74) is 2.18. The normalized spacial score (nSPS) is 11.6. The molecule has 0 heterocycles. The van der Waals surface area contributed by atoms with Crippen molar-refractivity contribution < 1.29 is 14.0 Å². The summed E-state index contributed by atoms with van der Waals surface area (Å²) >= 11 is 0. The van der Waals surface area contributed by atoms with Gasteiger partial charge in [-0.1, -0.05) is 92.2 Å². The van der Waals surface area contributed by atoms with Gasteiger partial charge in [0.15, 0.2) is 0 Å². The lowest BCUT2D eigenvalue weighted by Gasteiger charge is -2.32. The van der Waals surface area contributed by atoms with E-state index in [-0.39, 0.29) is 30.6 Å². The fraction of sp³-hybridized carbons (Fsp3) is 0.286. The molecule has 0 saturated carbocycles. The Morgan fingerprint density at radius 1 is 0.879 bits per heavy atom. The van der Waals surface area contributed by atoms with Crippen LogP contribution in [-0.4, -0.2) is 29.3 Å². The number of unbranched alkanes of at least 4 members (excludes halogenated alkanes) is 1. The van der Waals surface area contributed by atoms with E-state index in [0.29, 0.717) is 18.5 Å². The highest BCUT2D eigenvalue weighted by atomic mass is 19.1. The van der Waals surface area contributed by atoms with E-state index in [1.165, 1.54) is 11.0 Å². The Morgan fingerprint density at radius 3 is 2.12 bits per heavy atom. The van der Waals surface area contributed by atoms with Crippen molar-refractivity contribution in [2.75, 3.05) is 6.54 Å². The van der Waals surface area contributed by atoms with Crippen molar-refractivity contribution in [2.45, 2.75) is 45.2 Å².